The SMILES string of the molecule is CC(C)(C)c1ccc2c(c1)CNCCO2. The standard InChI is InChI=1S/C13H19NO/c1-13(2,3)11-4-5-12-10(8-11)9-14-6-7-15-12/h4-5,8,14H,6-7,9H2,1-3H3. The van der Waals surface area contributed by atoms with Crippen LogP contribution in [0.3, 0.4) is 0 Å². The van der Waals surface area contributed by atoms with E-state index in [9.17, 15) is 0 Å². The second-order valence-electron chi connectivity index (χ2n) is 5.10. The van der Waals surface area contributed by atoms with Crippen molar-refractivity contribution >= 4 is 0 Å². The molecule has 15 heavy (non-hydrogen) atoms. The van der Waals surface area contributed by atoms with E-state index in [1.165, 1.54) is 11.1 Å². The smallest absolute Gasteiger partial charge is 0.123 e. The second-order valence-corrected chi connectivity index (χ2v) is 5.10. The Hall–Kier alpha value is -1.02. The van der Waals surface area contributed by atoms with Gasteiger partial charge < -0.3 is 10.1 Å². The minimum atomic E-state index is 0.210. The fourth-order valence-corrected chi connectivity index (χ4v) is 1.78. The molecule has 1 N–H and O–H groups in total. The highest BCUT2D eigenvalue weighted by Gasteiger charge is 2.16. The first-order valence-electron chi connectivity index (χ1n) is 5.54. The zero-order valence-electron chi connectivity index (χ0n) is 9.76. The van der Waals surface area contributed by atoms with E-state index in [1.54, 1.807) is 0 Å². The van der Waals surface area contributed by atoms with E-state index in [1.807, 2.05) is 0 Å². The van der Waals surface area contributed by atoms with Gasteiger partial charge in [-0.15, -0.1) is 0 Å². The summed E-state index contributed by atoms with van der Waals surface area (Å²) in [5.74, 6) is 1.04. The monoisotopic (exact) mass is 205 g/mol. The zero-order valence-corrected chi connectivity index (χ0v) is 9.76. The van der Waals surface area contributed by atoms with Crippen LogP contribution in [0.25, 0.3) is 0 Å². The highest BCUT2D eigenvalue weighted by Crippen LogP contribution is 2.28. The van der Waals surface area contributed by atoms with Crippen LogP contribution in [0.1, 0.15) is 31.9 Å². The molecule has 1 aromatic carbocycles. The third-order valence-electron chi connectivity index (χ3n) is 2.78. The molecule has 82 valence electrons. The number of rotatable bonds is 0. The summed E-state index contributed by atoms with van der Waals surface area (Å²) in [6.45, 7) is 9.32. The molecule has 1 aliphatic heterocycles. The van der Waals surface area contributed by atoms with E-state index >= 15 is 0 Å². The molecule has 0 fully saturated rings. The van der Waals surface area contributed by atoms with Crippen LogP contribution in [0.4, 0.5) is 0 Å². The van der Waals surface area contributed by atoms with Gasteiger partial charge in [0.1, 0.15) is 12.4 Å². The van der Waals surface area contributed by atoms with Crippen molar-refractivity contribution in [1.82, 2.24) is 5.32 Å². The van der Waals surface area contributed by atoms with Gasteiger partial charge in [-0.3, -0.25) is 0 Å². The van der Waals surface area contributed by atoms with Gasteiger partial charge in [0.25, 0.3) is 0 Å². The molecule has 0 aliphatic carbocycles. The second kappa shape index (κ2) is 3.86. The van der Waals surface area contributed by atoms with Crippen LogP contribution in [-0.2, 0) is 12.0 Å². The first-order valence-corrected chi connectivity index (χ1v) is 5.54. The summed E-state index contributed by atoms with van der Waals surface area (Å²) >= 11 is 0. The lowest BCUT2D eigenvalue weighted by Crippen LogP contribution is -2.16. The van der Waals surface area contributed by atoms with Gasteiger partial charge in [0.05, 0.1) is 0 Å². The maximum atomic E-state index is 5.65. The molecule has 2 heteroatoms. The molecule has 0 amide bonds. The van der Waals surface area contributed by atoms with Crippen LogP contribution in [0.5, 0.6) is 5.75 Å². The van der Waals surface area contributed by atoms with Gasteiger partial charge in [-0.05, 0) is 17.0 Å². The lowest BCUT2D eigenvalue weighted by Gasteiger charge is -2.20. The van der Waals surface area contributed by atoms with Crippen molar-refractivity contribution < 1.29 is 4.74 Å². The minimum Gasteiger partial charge on any atom is -0.492 e. The van der Waals surface area contributed by atoms with Gasteiger partial charge in [0.2, 0.25) is 0 Å². The van der Waals surface area contributed by atoms with Crippen molar-refractivity contribution in [2.45, 2.75) is 32.7 Å². The van der Waals surface area contributed by atoms with Crippen molar-refractivity contribution in [2.24, 2.45) is 0 Å². The summed E-state index contributed by atoms with van der Waals surface area (Å²) in [6, 6.07) is 6.53. The molecule has 2 nitrogen and oxygen atoms in total. The average Bonchev–Trinajstić information content (AvgIpc) is 2.39. The highest BCUT2D eigenvalue weighted by molar-refractivity contribution is 5.40. The van der Waals surface area contributed by atoms with Crippen molar-refractivity contribution in [3.8, 4) is 5.75 Å². The predicted octanol–water partition coefficient (Wildman–Crippen LogP) is 2.47. The number of benzene rings is 1. The molecule has 0 saturated heterocycles. The van der Waals surface area contributed by atoms with Gasteiger partial charge in [0.15, 0.2) is 0 Å². The van der Waals surface area contributed by atoms with Gasteiger partial charge in [0, 0.05) is 18.7 Å². The first-order chi connectivity index (χ1) is 7.07. The highest BCUT2D eigenvalue weighted by atomic mass is 16.5. The Morgan fingerprint density at radius 2 is 2.07 bits per heavy atom. The molecule has 0 bridgehead atoms. The number of hydrogen-bond donors (Lipinski definition) is 1. The Morgan fingerprint density at radius 1 is 1.27 bits per heavy atom. The van der Waals surface area contributed by atoms with E-state index in [0.29, 0.717) is 0 Å². The summed E-state index contributed by atoms with van der Waals surface area (Å²) in [5, 5.41) is 3.36. The summed E-state index contributed by atoms with van der Waals surface area (Å²) < 4.78 is 5.65. The largest absolute Gasteiger partial charge is 0.492 e. The van der Waals surface area contributed by atoms with Crippen LogP contribution < -0.4 is 10.1 Å². The molecule has 0 radical (unpaired) electrons. The van der Waals surface area contributed by atoms with E-state index in [0.717, 1.165) is 25.4 Å². The molecule has 0 spiro atoms. The van der Waals surface area contributed by atoms with Crippen LogP contribution in [0.15, 0.2) is 18.2 Å². The molecule has 2 rings (SSSR count). The van der Waals surface area contributed by atoms with Gasteiger partial charge in [-0.1, -0.05) is 32.9 Å². The van der Waals surface area contributed by atoms with Crippen molar-refractivity contribution in [3.05, 3.63) is 29.3 Å². The Kier molecular flexibility index (Phi) is 2.70. The van der Waals surface area contributed by atoms with E-state index < -0.39 is 0 Å². The first kappa shape index (κ1) is 10.5. The van der Waals surface area contributed by atoms with Gasteiger partial charge in [-0.2, -0.15) is 0 Å². The molecular weight excluding hydrogens is 186 g/mol. The predicted molar refractivity (Wildman–Crippen MR) is 62.3 cm³/mol. The number of nitrogens with one attached hydrogen (secondary N) is 1. The fraction of sp³-hybridized carbons (Fsp3) is 0.538. The van der Waals surface area contributed by atoms with Crippen molar-refractivity contribution in [2.75, 3.05) is 13.2 Å². The van der Waals surface area contributed by atoms with Crippen LogP contribution in [0, 0.1) is 0 Å². The molecule has 1 aliphatic rings. The maximum Gasteiger partial charge on any atom is 0.123 e. The third-order valence-corrected chi connectivity index (χ3v) is 2.78. The molecule has 1 heterocycles. The fourth-order valence-electron chi connectivity index (χ4n) is 1.78. The summed E-state index contributed by atoms with van der Waals surface area (Å²) in [6.07, 6.45) is 0. The van der Waals surface area contributed by atoms with Crippen LogP contribution >= 0.6 is 0 Å². The molecule has 0 aromatic heterocycles. The molecule has 0 atom stereocenters. The number of hydrogen-bond acceptors (Lipinski definition) is 2. The number of ether oxygens (including phenoxy) is 1. The maximum absolute atomic E-state index is 5.65. The Balaban J connectivity index is 2.36. The van der Waals surface area contributed by atoms with Crippen LogP contribution in [0.2, 0.25) is 0 Å². The lowest BCUT2D eigenvalue weighted by molar-refractivity contribution is 0.325. The average molecular weight is 205 g/mol. The molecule has 1 aromatic rings. The van der Waals surface area contributed by atoms with Crippen molar-refractivity contribution in [3.63, 3.8) is 0 Å². The molecule has 0 unspecified atom stereocenters. The Labute approximate surface area is 91.6 Å². The molecule has 0 saturated carbocycles. The van der Waals surface area contributed by atoms with E-state index in [2.05, 4.69) is 44.3 Å². The lowest BCUT2D eigenvalue weighted by atomic mass is 9.86. The van der Waals surface area contributed by atoms with Crippen LogP contribution in [-0.4, -0.2) is 13.2 Å². The minimum absolute atomic E-state index is 0.210. The summed E-state index contributed by atoms with van der Waals surface area (Å²) in [4.78, 5) is 0. The van der Waals surface area contributed by atoms with E-state index in [-0.39, 0.29) is 5.41 Å². The molecular formula is C13H19NO. The van der Waals surface area contributed by atoms with Crippen molar-refractivity contribution in [1.29, 1.82) is 0 Å². The van der Waals surface area contributed by atoms with Gasteiger partial charge >= 0.3 is 0 Å². The Morgan fingerprint density at radius 3 is 2.80 bits per heavy atom. The van der Waals surface area contributed by atoms with Gasteiger partial charge in [-0.25, -0.2) is 0 Å². The quantitative estimate of drug-likeness (QED) is 0.702. The summed E-state index contributed by atoms with van der Waals surface area (Å²) in [5.41, 5.74) is 2.86. The topological polar surface area (TPSA) is 21.3 Å². The third kappa shape index (κ3) is 2.32. The zero-order chi connectivity index (χ0) is 10.9. The Bertz CT molecular complexity index is 352. The van der Waals surface area contributed by atoms with E-state index in [4.69, 9.17) is 4.74 Å². The normalized spacial score (nSPS) is 16.5. The number of fused-ring (bicyclic) bond motifs is 1. The summed E-state index contributed by atoms with van der Waals surface area (Å²) in [7, 11) is 0.